The molecule has 1 unspecified atom stereocenters. The van der Waals surface area contributed by atoms with Gasteiger partial charge in [-0.2, -0.15) is 4.98 Å². The maximum atomic E-state index is 12.9. The van der Waals surface area contributed by atoms with Gasteiger partial charge in [0, 0.05) is 23.5 Å². The van der Waals surface area contributed by atoms with E-state index in [1.807, 2.05) is 38.1 Å². The summed E-state index contributed by atoms with van der Waals surface area (Å²) in [6.07, 6.45) is 0.867. The zero-order valence-electron chi connectivity index (χ0n) is 20.5. The third kappa shape index (κ3) is 7.09. The predicted octanol–water partition coefficient (Wildman–Crippen LogP) is 3.82. The predicted molar refractivity (Wildman–Crippen MR) is 142 cm³/mol. The molecule has 36 heavy (non-hydrogen) atoms. The maximum absolute atomic E-state index is 12.9. The molecule has 1 heterocycles. The van der Waals surface area contributed by atoms with Crippen molar-refractivity contribution in [2.24, 2.45) is 0 Å². The molecule has 2 aromatic carbocycles. The lowest BCUT2D eigenvalue weighted by Crippen LogP contribution is -2.31. The average Bonchev–Trinajstić information content (AvgIpc) is 2.85. The average molecular weight is 514 g/mol. The van der Waals surface area contributed by atoms with Crippen LogP contribution >= 0.6 is 0 Å². The second-order valence-electron chi connectivity index (χ2n) is 7.79. The third-order valence-electron chi connectivity index (χ3n) is 4.92. The SMILES string of the molecule is C=S(=O)(NC(=O)OCC)c1cccc(Nc2ncc(-c3ccc(OCC)cc3)c(N[C@H](C)CO)n2)c1. The topological polar surface area (TPSA) is 135 Å². The Labute approximate surface area is 211 Å². The van der Waals surface area contributed by atoms with E-state index in [1.165, 1.54) is 0 Å². The summed E-state index contributed by atoms with van der Waals surface area (Å²) in [4.78, 5) is 21.1. The molecule has 0 aliphatic carbocycles. The van der Waals surface area contributed by atoms with Crippen LogP contribution in [0.25, 0.3) is 11.1 Å². The Kier molecular flexibility index (Phi) is 9.09. The maximum Gasteiger partial charge on any atom is 0.418 e. The van der Waals surface area contributed by atoms with E-state index < -0.39 is 15.8 Å². The molecule has 11 heteroatoms. The molecule has 0 aliphatic heterocycles. The van der Waals surface area contributed by atoms with Crippen LogP contribution in [0.5, 0.6) is 5.75 Å². The molecule has 0 saturated carbocycles. The van der Waals surface area contributed by atoms with E-state index in [4.69, 9.17) is 9.47 Å². The molecule has 4 N–H and O–H groups in total. The minimum Gasteiger partial charge on any atom is -0.494 e. The number of nitrogens with one attached hydrogen (secondary N) is 3. The van der Waals surface area contributed by atoms with Gasteiger partial charge in [-0.25, -0.2) is 18.7 Å². The number of carbonyl (C=O) groups is 1. The number of hydrogen-bond acceptors (Lipinski definition) is 9. The van der Waals surface area contributed by atoms with Gasteiger partial charge in [0.05, 0.1) is 34.4 Å². The molecule has 10 nitrogen and oxygen atoms in total. The van der Waals surface area contributed by atoms with Crippen LogP contribution in [-0.4, -0.2) is 57.1 Å². The van der Waals surface area contributed by atoms with Gasteiger partial charge in [0.2, 0.25) is 5.95 Å². The fourth-order valence-corrected chi connectivity index (χ4v) is 4.26. The molecule has 1 aromatic heterocycles. The Morgan fingerprint density at radius 1 is 1.17 bits per heavy atom. The van der Waals surface area contributed by atoms with Gasteiger partial charge < -0.3 is 25.2 Å². The Morgan fingerprint density at radius 2 is 1.92 bits per heavy atom. The normalized spacial score (nSPS) is 13.2. The van der Waals surface area contributed by atoms with Gasteiger partial charge in [0.25, 0.3) is 0 Å². The molecular weight excluding hydrogens is 482 g/mol. The van der Waals surface area contributed by atoms with E-state index in [9.17, 15) is 14.1 Å². The van der Waals surface area contributed by atoms with Crippen molar-refractivity contribution in [1.82, 2.24) is 14.7 Å². The van der Waals surface area contributed by atoms with Gasteiger partial charge in [-0.05, 0) is 62.5 Å². The molecule has 0 aliphatic rings. The van der Waals surface area contributed by atoms with Gasteiger partial charge in [-0.15, -0.1) is 0 Å². The van der Waals surface area contributed by atoms with Gasteiger partial charge in [-0.3, -0.25) is 0 Å². The van der Waals surface area contributed by atoms with E-state index >= 15 is 0 Å². The van der Waals surface area contributed by atoms with Crippen LogP contribution in [-0.2, 0) is 14.4 Å². The van der Waals surface area contributed by atoms with Crippen LogP contribution < -0.4 is 20.1 Å². The second-order valence-corrected chi connectivity index (χ2v) is 9.82. The number of nitrogens with zero attached hydrogens (tertiary/aromatic N) is 2. The monoisotopic (exact) mass is 513 g/mol. The molecule has 0 radical (unpaired) electrons. The fraction of sp³-hybridized carbons (Fsp3) is 0.280. The van der Waals surface area contributed by atoms with Crippen molar-refractivity contribution in [2.45, 2.75) is 31.7 Å². The van der Waals surface area contributed by atoms with Crippen LogP contribution in [0.15, 0.2) is 59.6 Å². The van der Waals surface area contributed by atoms with Crippen LogP contribution in [0.4, 0.5) is 22.2 Å². The Morgan fingerprint density at radius 3 is 2.58 bits per heavy atom. The van der Waals surface area contributed by atoms with Crippen molar-refractivity contribution in [2.75, 3.05) is 30.5 Å². The number of amides is 1. The lowest BCUT2D eigenvalue weighted by atomic mass is 10.1. The minimum absolute atomic E-state index is 0.0805. The third-order valence-corrected chi connectivity index (χ3v) is 6.43. The molecule has 0 spiro atoms. The van der Waals surface area contributed by atoms with Crippen molar-refractivity contribution in [3.8, 4) is 16.9 Å². The molecule has 0 fully saturated rings. The summed E-state index contributed by atoms with van der Waals surface area (Å²) in [6.45, 7) is 6.06. The molecule has 1 amide bonds. The highest BCUT2D eigenvalue weighted by molar-refractivity contribution is 7.99. The van der Waals surface area contributed by atoms with Crippen molar-refractivity contribution < 1.29 is 23.6 Å². The Bertz CT molecular complexity index is 1280. The summed E-state index contributed by atoms with van der Waals surface area (Å²) in [5.41, 5.74) is 2.17. The first-order valence-corrected chi connectivity index (χ1v) is 13.1. The first-order valence-electron chi connectivity index (χ1n) is 11.4. The fourth-order valence-electron chi connectivity index (χ4n) is 3.20. The number of hydrogen-bond donors (Lipinski definition) is 4. The number of rotatable bonds is 11. The number of aliphatic hydroxyl groups excluding tert-OH is 1. The summed E-state index contributed by atoms with van der Waals surface area (Å²) in [5, 5.41) is 15.8. The first-order chi connectivity index (χ1) is 17.2. The van der Waals surface area contributed by atoms with Crippen molar-refractivity contribution in [1.29, 1.82) is 0 Å². The number of ether oxygens (including phenoxy) is 2. The highest BCUT2D eigenvalue weighted by Gasteiger charge is 2.15. The standard InChI is InChI=1S/C25H31N5O5S/c1-5-34-20-12-10-18(11-13-20)22-15-26-24(29-23(22)27-17(3)16-31)28-19-8-7-9-21(14-19)36(4,33)30-25(32)35-6-2/h7-15,17,31H,4-6,16H2,1-3H3,(H,30,32,33)(H2,26,27,28,29)/t17-,36?/m1/s1. The number of benzene rings is 2. The van der Waals surface area contributed by atoms with Crippen molar-refractivity contribution in [3.63, 3.8) is 0 Å². The van der Waals surface area contributed by atoms with E-state index in [-0.39, 0.29) is 25.2 Å². The molecule has 0 bridgehead atoms. The number of aromatic nitrogens is 2. The van der Waals surface area contributed by atoms with Gasteiger partial charge in [0.15, 0.2) is 0 Å². The Hall–Kier alpha value is -3.83. The molecule has 2 atom stereocenters. The van der Waals surface area contributed by atoms with Crippen LogP contribution in [0.1, 0.15) is 20.8 Å². The van der Waals surface area contributed by atoms with E-state index in [2.05, 4.69) is 31.2 Å². The summed E-state index contributed by atoms with van der Waals surface area (Å²) < 4.78 is 25.5. The van der Waals surface area contributed by atoms with Crippen LogP contribution in [0, 0.1) is 0 Å². The molecule has 3 aromatic rings. The number of aliphatic hydroxyl groups is 1. The molecule has 3 rings (SSSR count). The molecular formula is C25H31N5O5S. The van der Waals surface area contributed by atoms with E-state index in [0.717, 1.165) is 16.9 Å². The highest BCUT2D eigenvalue weighted by atomic mass is 32.2. The lowest BCUT2D eigenvalue weighted by Gasteiger charge is -2.17. The van der Waals surface area contributed by atoms with E-state index in [0.29, 0.717) is 23.0 Å². The zero-order chi connectivity index (χ0) is 26.1. The van der Waals surface area contributed by atoms with Crippen molar-refractivity contribution in [3.05, 3.63) is 54.7 Å². The van der Waals surface area contributed by atoms with Gasteiger partial charge in [-0.1, -0.05) is 18.2 Å². The van der Waals surface area contributed by atoms with Gasteiger partial charge >= 0.3 is 6.09 Å². The van der Waals surface area contributed by atoms with Crippen molar-refractivity contribution >= 4 is 39.1 Å². The summed E-state index contributed by atoms with van der Waals surface area (Å²) in [7, 11) is -3.13. The summed E-state index contributed by atoms with van der Waals surface area (Å²) >= 11 is 0. The minimum atomic E-state index is -3.13. The summed E-state index contributed by atoms with van der Waals surface area (Å²) in [6, 6.07) is 13.9. The smallest absolute Gasteiger partial charge is 0.418 e. The zero-order valence-corrected chi connectivity index (χ0v) is 21.3. The lowest BCUT2D eigenvalue weighted by molar-refractivity contribution is 0.159. The second kappa shape index (κ2) is 12.2. The Balaban J connectivity index is 1.88. The number of carbonyl (C=O) groups excluding carboxylic acids is 1. The molecule has 0 saturated heterocycles. The quantitative estimate of drug-likeness (QED) is 0.282. The van der Waals surface area contributed by atoms with Gasteiger partial charge in [0.1, 0.15) is 11.6 Å². The van der Waals surface area contributed by atoms with E-state index in [1.54, 1.807) is 37.4 Å². The summed E-state index contributed by atoms with van der Waals surface area (Å²) in [5.74, 6) is 5.21. The largest absolute Gasteiger partial charge is 0.494 e. The molecule has 192 valence electrons. The van der Waals surface area contributed by atoms with Crippen LogP contribution in [0.3, 0.4) is 0 Å². The first kappa shape index (κ1) is 26.8. The van der Waals surface area contributed by atoms with Crippen LogP contribution in [0.2, 0.25) is 0 Å². The highest BCUT2D eigenvalue weighted by Crippen LogP contribution is 2.29. The number of anilines is 3.